The number of halogens is 1. The van der Waals surface area contributed by atoms with E-state index in [1.807, 2.05) is 41.3 Å². The Bertz CT molecular complexity index is 998. The number of carbonyl (C=O) groups excluding carboxylic acids is 1. The third kappa shape index (κ3) is 3.54. The summed E-state index contributed by atoms with van der Waals surface area (Å²) in [6.45, 7) is 2.85. The van der Waals surface area contributed by atoms with Crippen molar-refractivity contribution in [3.05, 3.63) is 46.4 Å². The molecule has 1 saturated heterocycles. The minimum atomic E-state index is 0.0721. The second-order valence-electron chi connectivity index (χ2n) is 6.43. The molecule has 1 fully saturated rings. The molecular formula is C20H20BrN3O3S. The molecule has 3 aromatic rings. The predicted octanol–water partition coefficient (Wildman–Crippen LogP) is 4.04. The van der Waals surface area contributed by atoms with Crippen molar-refractivity contribution >= 4 is 48.5 Å². The van der Waals surface area contributed by atoms with Gasteiger partial charge in [-0.1, -0.05) is 27.3 Å². The third-order valence-electron chi connectivity index (χ3n) is 4.82. The van der Waals surface area contributed by atoms with Crippen LogP contribution in [0.2, 0.25) is 0 Å². The number of ether oxygens (including phenoxy) is 2. The van der Waals surface area contributed by atoms with Crippen LogP contribution in [0.3, 0.4) is 0 Å². The van der Waals surface area contributed by atoms with Gasteiger partial charge in [0.2, 0.25) is 0 Å². The van der Waals surface area contributed by atoms with Crippen LogP contribution in [-0.4, -0.2) is 56.2 Å². The highest BCUT2D eigenvalue weighted by Crippen LogP contribution is 2.40. The number of thiazole rings is 1. The molecule has 6 nitrogen and oxygen atoms in total. The highest BCUT2D eigenvalue weighted by Gasteiger charge is 2.25. The van der Waals surface area contributed by atoms with Crippen molar-refractivity contribution in [1.29, 1.82) is 0 Å². The van der Waals surface area contributed by atoms with Crippen LogP contribution in [0.25, 0.3) is 10.2 Å². The Morgan fingerprint density at radius 1 is 1.04 bits per heavy atom. The third-order valence-corrected chi connectivity index (χ3v) is 6.43. The zero-order chi connectivity index (χ0) is 19.7. The van der Waals surface area contributed by atoms with Gasteiger partial charge in [-0.3, -0.25) is 4.79 Å². The lowest BCUT2D eigenvalue weighted by molar-refractivity contribution is 0.0747. The normalized spacial score (nSPS) is 14.4. The van der Waals surface area contributed by atoms with Crippen LogP contribution < -0.4 is 14.4 Å². The van der Waals surface area contributed by atoms with Crippen molar-refractivity contribution in [3.8, 4) is 11.5 Å². The first-order chi connectivity index (χ1) is 13.6. The van der Waals surface area contributed by atoms with E-state index in [9.17, 15) is 4.79 Å². The van der Waals surface area contributed by atoms with E-state index >= 15 is 0 Å². The quantitative estimate of drug-likeness (QED) is 0.586. The Hall–Kier alpha value is -2.32. The molecule has 146 valence electrons. The van der Waals surface area contributed by atoms with Crippen molar-refractivity contribution in [2.24, 2.45) is 0 Å². The van der Waals surface area contributed by atoms with Gasteiger partial charge in [-0.15, -0.1) is 0 Å². The molecule has 0 N–H and O–H groups in total. The van der Waals surface area contributed by atoms with E-state index in [0.717, 1.165) is 32.9 Å². The number of rotatable bonds is 4. The summed E-state index contributed by atoms with van der Waals surface area (Å²) >= 11 is 5.03. The van der Waals surface area contributed by atoms with Crippen LogP contribution in [0.1, 0.15) is 10.4 Å². The predicted molar refractivity (Wildman–Crippen MR) is 115 cm³/mol. The summed E-state index contributed by atoms with van der Waals surface area (Å²) in [4.78, 5) is 21.6. The van der Waals surface area contributed by atoms with E-state index in [1.54, 1.807) is 25.6 Å². The zero-order valence-corrected chi connectivity index (χ0v) is 18.0. The summed E-state index contributed by atoms with van der Waals surface area (Å²) in [5, 5.41) is 0.942. The van der Waals surface area contributed by atoms with Gasteiger partial charge in [0.1, 0.15) is 5.52 Å². The Morgan fingerprint density at radius 3 is 2.39 bits per heavy atom. The largest absolute Gasteiger partial charge is 0.493 e. The summed E-state index contributed by atoms with van der Waals surface area (Å²) in [6, 6.07) is 11.4. The van der Waals surface area contributed by atoms with Crippen LogP contribution in [-0.2, 0) is 0 Å². The first-order valence-electron chi connectivity index (χ1n) is 8.92. The van der Waals surface area contributed by atoms with Crippen molar-refractivity contribution < 1.29 is 14.3 Å². The molecule has 0 spiro atoms. The summed E-state index contributed by atoms with van der Waals surface area (Å²) in [5.74, 6) is 1.41. The molecule has 1 aliphatic rings. The smallest absolute Gasteiger partial charge is 0.253 e. The standard InChI is InChI=1S/C20H20BrN3O3S/c1-26-15-7-8-16-17(18(15)27-2)22-20(28-16)24-11-9-23(10-12-24)19(25)13-3-5-14(21)6-4-13/h3-8H,9-12H2,1-2H3. The van der Waals surface area contributed by atoms with Gasteiger partial charge < -0.3 is 19.3 Å². The lowest BCUT2D eigenvalue weighted by atomic mass is 10.2. The maximum atomic E-state index is 12.7. The molecule has 1 aromatic heterocycles. The topological polar surface area (TPSA) is 54.9 Å². The van der Waals surface area contributed by atoms with E-state index in [-0.39, 0.29) is 5.91 Å². The minimum Gasteiger partial charge on any atom is -0.493 e. The molecule has 4 rings (SSSR count). The molecule has 0 aliphatic carbocycles. The monoisotopic (exact) mass is 461 g/mol. The maximum Gasteiger partial charge on any atom is 0.253 e. The van der Waals surface area contributed by atoms with Crippen LogP contribution in [0.5, 0.6) is 11.5 Å². The lowest BCUT2D eigenvalue weighted by Crippen LogP contribution is -2.48. The Kier molecular flexibility index (Phi) is 5.41. The van der Waals surface area contributed by atoms with E-state index in [4.69, 9.17) is 14.5 Å². The highest BCUT2D eigenvalue weighted by atomic mass is 79.9. The zero-order valence-electron chi connectivity index (χ0n) is 15.6. The van der Waals surface area contributed by atoms with Crippen LogP contribution in [0.15, 0.2) is 40.9 Å². The average molecular weight is 462 g/mol. The van der Waals surface area contributed by atoms with Crippen molar-refractivity contribution in [1.82, 2.24) is 9.88 Å². The Balaban J connectivity index is 1.49. The number of carbonyl (C=O) groups is 1. The number of nitrogens with zero attached hydrogens (tertiary/aromatic N) is 3. The molecular weight excluding hydrogens is 442 g/mol. The van der Waals surface area contributed by atoms with Gasteiger partial charge in [0, 0.05) is 36.2 Å². The molecule has 0 bridgehead atoms. The number of methoxy groups -OCH3 is 2. The Labute approximate surface area is 175 Å². The average Bonchev–Trinajstić information content (AvgIpc) is 3.17. The highest BCUT2D eigenvalue weighted by molar-refractivity contribution is 9.10. The lowest BCUT2D eigenvalue weighted by Gasteiger charge is -2.34. The second kappa shape index (κ2) is 7.97. The summed E-state index contributed by atoms with van der Waals surface area (Å²) in [7, 11) is 3.25. The first kappa shape index (κ1) is 19.0. The molecule has 0 saturated carbocycles. The molecule has 0 atom stereocenters. The van der Waals surface area contributed by atoms with Crippen LogP contribution in [0.4, 0.5) is 5.13 Å². The van der Waals surface area contributed by atoms with Gasteiger partial charge in [-0.25, -0.2) is 4.98 Å². The molecule has 0 unspecified atom stereocenters. The minimum absolute atomic E-state index is 0.0721. The fourth-order valence-corrected chi connectivity index (χ4v) is 4.59. The van der Waals surface area contributed by atoms with Gasteiger partial charge in [-0.05, 0) is 36.4 Å². The van der Waals surface area contributed by atoms with E-state index in [2.05, 4.69) is 20.8 Å². The number of anilines is 1. The number of piperazine rings is 1. The fourth-order valence-electron chi connectivity index (χ4n) is 3.31. The Morgan fingerprint density at radius 2 is 1.75 bits per heavy atom. The van der Waals surface area contributed by atoms with Crippen LogP contribution in [0, 0.1) is 0 Å². The van der Waals surface area contributed by atoms with Gasteiger partial charge in [0.05, 0.1) is 18.9 Å². The number of hydrogen-bond donors (Lipinski definition) is 0. The van der Waals surface area contributed by atoms with Gasteiger partial charge in [0.15, 0.2) is 16.6 Å². The number of hydrogen-bond acceptors (Lipinski definition) is 6. The number of aromatic nitrogens is 1. The first-order valence-corrected chi connectivity index (χ1v) is 10.5. The van der Waals surface area contributed by atoms with Crippen molar-refractivity contribution in [2.75, 3.05) is 45.3 Å². The molecule has 1 amide bonds. The van der Waals surface area contributed by atoms with Gasteiger partial charge >= 0.3 is 0 Å². The molecule has 1 aliphatic heterocycles. The summed E-state index contributed by atoms with van der Waals surface area (Å²) in [6.07, 6.45) is 0. The summed E-state index contributed by atoms with van der Waals surface area (Å²) in [5.41, 5.74) is 1.53. The molecule has 8 heteroatoms. The van der Waals surface area contributed by atoms with Crippen molar-refractivity contribution in [2.45, 2.75) is 0 Å². The van der Waals surface area contributed by atoms with Gasteiger partial charge in [-0.2, -0.15) is 0 Å². The summed E-state index contributed by atoms with van der Waals surface area (Å²) < 4.78 is 12.9. The number of benzene rings is 2. The van der Waals surface area contributed by atoms with Crippen molar-refractivity contribution in [3.63, 3.8) is 0 Å². The van der Waals surface area contributed by atoms with Gasteiger partial charge in [0.25, 0.3) is 5.91 Å². The fraction of sp³-hybridized carbons (Fsp3) is 0.300. The number of amides is 1. The molecule has 2 aromatic carbocycles. The number of fused-ring (bicyclic) bond motifs is 1. The van der Waals surface area contributed by atoms with E-state index < -0.39 is 0 Å². The SMILES string of the molecule is COc1ccc2sc(N3CCN(C(=O)c4ccc(Br)cc4)CC3)nc2c1OC. The molecule has 2 heterocycles. The maximum absolute atomic E-state index is 12.7. The molecule has 28 heavy (non-hydrogen) atoms. The van der Waals surface area contributed by atoms with E-state index in [0.29, 0.717) is 30.2 Å². The van der Waals surface area contributed by atoms with Crippen LogP contribution >= 0.6 is 27.3 Å². The second-order valence-corrected chi connectivity index (χ2v) is 8.36. The molecule has 0 radical (unpaired) electrons. The van der Waals surface area contributed by atoms with E-state index in [1.165, 1.54) is 0 Å².